The molecule has 0 N–H and O–H groups in total. The Hall–Kier alpha value is -2.10. The van der Waals surface area contributed by atoms with Crippen molar-refractivity contribution in [1.29, 1.82) is 0 Å². The molecule has 1 aromatic carbocycles. The van der Waals surface area contributed by atoms with E-state index in [1.807, 2.05) is 49.1 Å². The summed E-state index contributed by atoms with van der Waals surface area (Å²) in [4.78, 5) is 14.6. The topological polar surface area (TPSA) is 46.3 Å². The van der Waals surface area contributed by atoms with Crippen LogP contribution in [0.25, 0.3) is 0 Å². The molecule has 1 aliphatic rings. The third-order valence-corrected chi connectivity index (χ3v) is 4.16. The van der Waals surface area contributed by atoms with Gasteiger partial charge in [0.15, 0.2) is 0 Å². The number of hydrogen-bond donors (Lipinski definition) is 0. The number of nitrogens with zero attached hydrogens (tertiary/aromatic N) is 2. The van der Waals surface area contributed by atoms with Crippen molar-refractivity contribution in [3.05, 3.63) is 52.9 Å². The fraction of sp³-hybridized carbons (Fsp3) is 0.412. The minimum absolute atomic E-state index is 0.0685. The third kappa shape index (κ3) is 2.84. The Morgan fingerprint density at radius 3 is 2.90 bits per heavy atom. The van der Waals surface area contributed by atoms with Gasteiger partial charge in [0.25, 0.3) is 0 Å². The van der Waals surface area contributed by atoms with Crippen LogP contribution >= 0.6 is 0 Å². The van der Waals surface area contributed by atoms with Gasteiger partial charge in [-0.05, 0) is 37.8 Å². The number of carbonyl (C=O) groups is 1. The SMILES string of the molecule is Cc1cc([C@@H]2CCCN2C(=O)Cc2ccccc2C)no1. The highest BCUT2D eigenvalue weighted by molar-refractivity contribution is 5.79. The van der Waals surface area contributed by atoms with E-state index in [4.69, 9.17) is 4.52 Å². The number of amides is 1. The standard InChI is InChI=1S/C17H20N2O2/c1-12-6-3-4-7-14(12)11-17(20)19-9-5-8-16(19)15-10-13(2)21-18-15/h3-4,6-7,10,16H,5,8-9,11H2,1-2H3/t16-/m0/s1. The van der Waals surface area contributed by atoms with E-state index in [2.05, 4.69) is 5.16 Å². The summed E-state index contributed by atoms with van der Waals surface area (Å²) in [7, 11) is 0. The summed E-state index contributed by atoms with van der Waals surface area (Å²) in [5, 5.41) is 4.09. The van der Waals surface area contributed by atoms with Crippen LogP contribution in [0.4, 0.5) is 0 Å². The monoisotopic (exact) mass is 284 g/mol. The van der Waals surface area contributed by atoms with E-state index in [0.29, 0.717) is 6.42 Å². The summed E-state index contributed by atoms with van der Waals surface area (Å²) in [6.45, 7) is 4.73. The fourth-order valence-corrected chi connectivity index (χ4v) is 2.99. The highest BCUT2D eigenvalue weighted by Gasteiger charge is 2.31. The molecule has 1 aromatic heterocycles. The molecule has 1 amide bonds. The molecule has 21 heavy (non-hydrogen) atoms. The van der Waals surface area contributed by atoms with Crippen molar-refractivity contribution in [2.45, 2.75) is 39.2 Å². The minimum atomic E-state index is 0.0685. The highest BCUT2D eigenvalue weighted by Crippen LogP contribution is 2.32. The van der Waals surface area contributed by atoms with Crippen LogP contribution < -0.4 is 0 Å². The van der Waals surface area contributed by atoms with Gasteiger partial charge in [0, 0.05) is 12.6 Å². The quantitative estimate of drug-likeness (QED) is 0.869. The van der Waals surface area contributed by atoms with Gasteiger partial charge in [-0.25, -0.2) is 0 Å². The largest absolute Gasteiger partial charge is 0.361 e. The Morgan fingerprint density at radius 2 is 2.19 bits per heavy atom. The molecule has 1 saturated heterocycles. The molecule has 4 heteroatoms. The molecular weight excluding hydrogens is 264 g/mol. The molecule has 0 unspecified atom stereocenters. The molecule has 0 spiro atoms. The molecule has 4 nitrogen and oxygen atoms in total. The first-order chi connectivity index (χ1) is 10.1. The first-order valence-corrected chi connectivity index (χ1v) is 7.42. The zero-order valence-corrected chi connectivity index (χ0v) is 12.5. The lowest BCUT2D eigenvalue weighted by Crippen LogP contribution is -2.32. The van der Waals surface area contributed by atoms with E-state index >= 15 is 0 Å². The van der Waals surface area contributed by atoms with Gasteiger partial charge in [0.05, 0.1) is 12.5 Å². The van der Waals surface area contributed by atoms with E-state index in [9.17, 15) is 4.79 Å². The summed E-state index contributed by atoms with van der Waals surface area (Å²) in [5.41, 5.74) is 3.14. The van der Waals surface area contributed by atoms with Gasteiger partial charge in [0.2, 0.25) is 5.91 Å². The number of likely N-dealkylation sites (tertiary alicyclic amines) is 1. The van der Waals surface area contributed by atoms with Crippen LogP contribution in [0.3, 0.4) is 0 Å². The van der Waals surface area contributed by atoms with Crippen molar-refractivity contribution in [1.82, 2.24) is 10.1 Å². The zero-order chi connectivity index (χ0) is 14.8. The van der Waals surface area contributed by atoms with E-state index in [1.165, 1.54) is 5.56 Å². The lowest BCUT2D eigenvalue weighted by molar-refractivity contribution is -0.131. The maximum Gasteiger partial charge on any atom is 0.227 e. The molecule has 110 valence electrons. The molecule has 1 atom stereocenters. The van der Waals surface area contributed by atoms with Gasteiger partial charge in [0.1, 0.15) is 11.5 Å². The van der Waals surface area contributed by atoms with Gasteiger partial charge < -0.3 is 9.42 Å². The van der Waals surface area contributed by atoms with Crippen molar-refractivity contribution in [3.63, 3.8) is 0 Å². The Balaban J connectivity index is 1.76. The summed E-state index contributed by atoms with van der Waals surface area (Å²) in [6.07, 6.45) is 2.45. The number of carbonyl (C=O) groups excluding carboxylic acids is 1. The van der Waals surface area contributed by atoms with Crippen LogP contribution in [0, 0.1) is 13.8 Å². The smallest absolute Gasteiger partial charge is 0.227 e. The molecule has 2 heterocycles. The minimum Gasteiger partial charge on any atom is -0.361 e. The molecular formula is C17H20N2O2. The van der Waals surface area contributed by atoms with Crippen LogP contribution in [0.15, 0.2) is 34.9 Å². The second-order valence-electron chi connectivity index (χ2n) is 5.71. The van der Waals surface area contributed by atoms with E-state index < -0.39 is 0 Å². The molecule has 0 bridgehead atoms. The van der Waals surface area contributed by atoms with Crippen molar-refractivity contribution in [3.8, 4) is 0 Å². The summed E-state index contributed by atoms with van der Waals surface area (Å²) >= 11 is 0. The first-order valence-electron chi connectivity index (χ1n) is 7.42. The molecule has 0 radical (unpaired) electrons. The van der Waals surface area contributed by atoms with E-state index in [-0.39, 0.29) is 11.9 Å². The van der Waals surface area contributed by atoms with Gasteiger partial charge >= 0.3 is 0 Å². The summed E-state index contributed by atoms with van der Waals surface area (Å²) in [5.74, 6) is 0.968. The van der Waals surface area contributed by atoms with Crippen LogP contribution in [0.5, 0.6) is 0 Å². The first kappa shape index (κ1) is 13.9. The molecule has 0 saturated carbocycles. The number of rotatable bonds is 3. The number of aromatic nitrogens is 1. The Bertz CT molecular complexity index is 648. The molecule has 1 aliphatic heterocycles. The summed E-state index contributed by atoms with van der Waals surface area (Å²) < 4.78 is 5.15. The maximum atomic E-state index is 12.6. The lowest BCUT2D eigenvalue weighted by atomic mass is 10.0. The second kappa shape index (κ2) is 5.72. The predicted molar refractivity (Wildman–Crippen MR) is 79.8 cm³/mol. The molecule has 2 aromatic rings. The second-order valence-corrected chi connectivity index (χ2v) is 5.71. The Kier molecular flexibility index (Phi) is 3.78. The van der Waals surface area contributed by atoms with Crippen molar-refractivity contribution < 1.29 is 9.32 Å². The van der Waals surface area contributed by atoms with E-state index in [0.717, 1.165) is 36.4 Å². The number of benzene rings is 1. The van der Waals surface area contributed by atoms with Gasteiger partial charge in [-0.2, -0.15) is 0 Å². The molecule has 0 aliphatic carbocycles. The number of hydrogen-bond acceptors (Lipinski definition) is 3. The molecule has 3 rings (SSSR count). The summed E-state index contributed by atoms with van der Waals surface area (Å²) in [6, 6.07) is 10.1. The Labute approximate surface area is 124 Å². The zero-order valence-electron chi connectivity index (χ0n) is 12.5. The van der Waals surface area contributed by atoms with Crippen LogP contribution in [0.1, 0.15) is 41.5 Å². The highest BCUT2D eigenvalue weighted by atomic mass is 16.5. The Morgan fingerprint density at radius 1 is 1.38 bits per heavy atom. The van der Waals surface area contributed by atoms with Gasteiger partial charge in [-0.1, -0.05) is 29.4 Å². The third-order valence-electron chi connectivity index (χ3n) is 4.16. The van der Waals surface area contributed by atoms with E-state index in [1.54, 1.807) is 0 Å². The normalized spacial score (nSPS) is 18.2. The van der Waals surface area contributed by atoms with Crippen molar-refractivity contribution >= 4 is 5.91 Å². The predicted octanol–water partition coefficient (Wildman–Crippen LogP) is 3.20. The maximum absolute atomic E-state index is 12.6. The average molecular weight is 284 g/mol. The van der Waals surface area contributed by atoms with Gasteiger partial charge in [-0.3, -0.25) is 4.79 Å². The lowest BCUT2D eigenvalue weighted by Gasteiger charge is -2.23. The van der Waals surface area contributed by atoms with Crippen LogP contribution in [0.2, 0.25) is 0 Å². The van der Waals surface area contributed by atoms with Crippen molar-refractivity contribution in [2.75, 3.05) is 6.54 Å². The van der Waals surface area contributed by atoms with Crippen LogP contribution in [-0.2, 0) is 11.2 Å². The molecule has 1 fully saturated rings. The van der Waals surface area contributed by atoms with Crippen molar-refractivity contribution in [2.24, 2.45) is 0 Å². The number of aryl methyl sites for hydroxylation is 2. The fourth-order valence-electron chi connectivity index (χ4n) is 2.99. The van der Waals surface area contributed by atoms with Crippen LogP contribution in [-0.4, -0.2) is 22.5 Å². The van der Waals surface area contributed by atoms with Gasteiger partial charge in [-0.15, -0.1) is 0 Å². The average Bonchev–Trinajstić information content (AvgIpc) is 3.09.